The van der Waals surface area contributed by atoms with Gasteiger partial charge in [-0.3, -0.25) is 19.4 Å². The van der Waals surface area contributed by atoms with Gasteiger partial charge in [-0.2, -0.15) is 0 Å². The first-order valence-corrected chi connectivity index (χ1v) is 17.6. The molecule has 12 heteroatoms. The molecule has 282 valence electrons. The molecule has 3 aromatic carbocycles. The molecule has 54 heavy (non-hydrogen) atoms. The number of rotatable bonds is 10. The summed E-state index contributed by atoms with van der Waals surface area (Å²) in [6, 6.07) is 18.7. The first kappa shape index (κ1) is 37.3. The van der Waals surface area contributed by atoms with Crippen molar-refractivity contribution in [2.75, 3.05) is 37.2 Å². The SMILES string of the molecule is C=C=C(c1ccc(C(=C=C)C2(O)C(=O)N(c3ccc(OC)cc3)C2C2COC(C)(C)O2)cc1)C1(O)C(=O)N(c2ccc(OC)cc2)C1C1COC(C)(C)O1. The van der Waals surface area contributed by atoms with Gasteiger partial charge in [-0.15, -0.1) is 11.5 Å². The summed E-state index contributed by atoms with van der Waals surface area (Å²) >= 11 is 0. The molecule has 4 saturated heterocycles. The Balaban J connectivity index is 1.21. The van der Waals surface area contributed by atoms with E-state index in [2.05, 4.69) is 24.6 Å². The number of benzene rings is 3. The van der Waals surface area contributed by atoms with Crippen LogP contribution in [0.3, 0.4) is 0 Å². The van der Waals surface area contributed by atoms with Crippen molar-refractivity contribution < 1.29 is 48.2 Å². The Kier molecular flexibility index (Phi) is 9.25. The van der Waals surface area contributed by atoms with Crippen LogP contribution in [-0.4, -0.2) is 96.5 Å². The van der Waals surface area contributed by atoms with Crippen LogP contribution in [0.25, 0.3) is 11.1 Å². The lowest BCUT2D eigenvalue weighted by molar-refractivity contribution is -0.165. The molecule has 4 heterocycles. The molecule has 0 bridgehead atoms. The quantitative estimate of drug-likeness (QED) is 0.224. The molecule has 6 atom stereocenters. The van der Waals surface area contributed by atoms with Crippen LogP contribution in [0.5, 0.6) is 11.5 Å². The number of hydrogen-bond donors (Lipinski definition) is 2. The highest BCUT2D eigenvalue weighted by atomic mass is 16.7. The molecular formula is C42H44N2O10. The Morgan fingerprint density at radius 1 is 0.648 bits per heavy atom. The van der Waals surface area contributed by atoms with Crippen molar-refractivity contribution in [3.8, 4) is 11.5 Å². The van der Waals surface area contributed by atoms with E-state index in [4.69, 9.17) is 28.4 Å². The van der Waals surface area contributed by atoms with Crippen molar-refractivity contribution in [1.82, 2.24) is 0 Å². The summed E-state index contributed by atoms with van der Waals surface area (Å²) in [5, 5.41) is 24.8. The molecule has 2 N–H and O–H groups in total. The predicted octanol–water partition coefficient (Wildman–Crippen LogP) is 4.64. The summed E-state index contributed by atoms with van der Waals surface area (Å²) in [7, 11) is 3.11. The molecule has 0 saturated carbocycles. The normalized spacial score (nSPS) is 29.5. The third-order valence-electron chi connectivity index (χ3n) is 10.5. The van der Waals surface area contributed by atoms with Crippen molar-refractivity contribution in [1.29, 1.82) is 0 Å². The summed E-state index contributed by atoms with van der Waals surface area (Å²) in [6.45, 7) is 15.1. The van der Waals surface area contributed by atoms with Crippen LogP contribution in [0.1, 0.15) is 38.8 Å². The minimum Gasteiger partial charge on any atom is -0.497 e. The second-order valence-corrected chi connectivity index (χ2v) is 14.6. The molecular weight excluding hydrogens is 692 g/mol. The maximum Gasteiger partial charge on any atom is 0.267 e. The van der Waals surface area contributed by atoms with Crippen LogP contribution in [0.4, 0.5) is 11.4 Å². The van der Waals surface area contributed by atoms with E-state index in [1.165, 1.54) is 9.80 Å². The maximum absolute atomic E-state index is 14.1. The van der Waals surface area contributed by atoms with E-state index in [1.54, 1.807) is 115 Å². The van der Waals surface area contributed by atoms with E-state index in [0.717, 1.165) is 0 Å². The number of β-lactam (4-membered cyclic amide) rings is 2. The number of carbonyl (C=O) groups excluding carboxylic acids is 2. The van der Waals surface area contributed by atoms with Crippen molar-refractivity contribution in [3.63, 3.8) is 0 Å². The zero-order valence-electron chi connectivity index (χ0n) is 31.1. The van der Waals surface area contributed by atoms with Crippen LogP contribution in [-0.2, 0) is 28.5 Å². The Hall–Kier alpha value is -5.00. The third kappa shape index (κ3) is 5.80. The Bertz CT molecular complexity index is 1920. The molecule has 0 spiro atoms. The van der Waals surface area contributed by atoms with E-state index in [0.29, 0.717) is 34.0 Å². The minimum atomic E-state index is -2.09. The van der Waals surface area contributed by atoms with Gasteiger partial charge in [-0.05, 0) is 87.4 Å². The van der Waals surface area contributed by atoms with Gasteiger partial charge >= 0.3 is 0 Å². The Morgan fingerprint density at radius 3 is 1.24 bits per heavy atom. The zero-order valence-corrected chi connectivity index (χ0v) is 31.1. The number of nitrogens with zero attached hydrogens (tertiary/aromatic N) is 2. The molecule has 4 aliphatic heterocycles. The van der Waals surface area contributed by atoms with E-state index < -0.39 is 58.9 Å². The van der Waals surface area contributed by atoms with Gasteiger partial charge in [0.15, 0.2) is 22.8 Å². The Morgan fingerprint density at radius 2 is 0.981 bits per heavy atom. The lowest BCUT2D eigenvalue weighted by Gasteiger charge is -2.55. The lowest BCUT2D eigenvalue weighted by Crippen LogP contribution is -2.78. The van der Waals surface area contributed by atoms with Gasteiger partial charge < -0.3 is 38.6 Å². The Labute approximate surface area is 314 Å². The number of anilines is 2. The number of methoxy groups -OCH3 is 2. The molecule has 4 fully saturated rings. The van der Waals surface area contributed by atoms with Crippen molar-refractivity contribution in [3.05, 3.63) is 109 Å². The third-order valence-corrected chi connectivity index (χ3v) is 10.5. The molecule has 2 amide bonds. The maximum atomic E-state index is 14.1. The number of amides is 2. The summed E-state index contributed by atoms with van der Waals surface area (Å²) in [6.07, 6.45) is -1.39. The van der Waals surface area contributed by atoms with Crippen LogP contribution in [0.2, 0.25) is 0 Å². The number of ether oxygens (including phenoxy) is 6. The molecule has 7 rings (SSSR count). The van der Waals surface area contributed by atoms with Gasteiger partial charge in [0.1, 0.15) is 35.8 Å². The number of carbonyl (C=O) groups is 2. The van der Waals surface area contributed by atoms with Gasteiger partial charge in [-0.25, -0.2) is 0 Å². The smallest absolute Gasteiger partial charge is 0.267 e. The number of aliphatic hydroxyl groups is 2. The van der Waals surface area contributed by atoms with Crippen LogP contribution < -0.4 is 19.3 Å². The summed E-state index contributed by atoms with van der Waals surface area (Å²) < 4.78 is 34.7. The van der Waals surface area contributed by atoms with E-state index >= 15 is 0 Å². The summed E-state index contributed by atoms with van der Waals surface area (Å²) in [5.74, 6) is -1.83. The van der Waals surface area contributed by atoms with Gasteiger partial charge in [0.05, 0.1) is 27.4 Å². The largest absolute Gasteiger partial charge is 0.497 e. The van der Waals surface area contributed by atoms with Crippen molar-refractivity contribution in [2.45, 2.75) is 74.8 Å². The molecule has 3 aromatic rings. The first-order valence-electron chi connectivity index (χ1n) is 17.6. The molecule has 0 radical (unpaired) electrons. The predicted molar refractivity (Wildman–Crippen MR) is 200 cm³/mol. The molecule has 4 aliphatic rings. The molecule has 0 aromatic heterocycles. The van der Waals surface area contributed by atoms with Crippen LogP contribution in [0.15, 0.2) is 97.4 Å². The number of hydrogen-bond acceptors (Lipinski definition) is 10. The van der Waals surface area contributed by atoms with Crippen molar-refractivity contribution in [2.24, 2.45) is 0 Å². The highest BCUT2D eigenvalue weighted by molar-refractivity contribution is 6.17. The minimum absolute atomic E-state index is 0.130. The highest BCUT2D eigenvalue weighted by Gasteiger charge is 2.68. The monoisotopic (exact) mass is 736 g/mol. The fourth-order valence-corrected chi connectivity index (χ4v) is 8.00. The average molecular weight is 737 g/mol. The van der Waals surface area contributed by atoms with Gasteiger partial charge in [0.2, 0.25) is 0 Å². The fourth-order valence-electron chi connectivity index (χ4n) is 8.00. The van der Waals surface area contributed by atoms with Crippen molar-refractivity contribution >= 4 is 34.3 Å². The standard InChI is InChI=1S/C42H44N2O10/c1-9-31(41(47)35(33-23-51-39(3,4)53-33)43(37(41)45)27-15-19-29(49-7)20-16-27)25-11-13-26(14-12-25)32(10-2)42(48)36(34-24-52-40(5,6)54-34)44(38(42)46)28-17-21-30(50-8)22-18-28/h11-22,33-36,47-48H,1-2,23-24H2,3-8H3. The summed E-state index contributed by atoms with van der Waals surface area (Å²) in [5.41, 5.74) is 3.69. The van der Waals surface area contributed by atoms with Gasteiger partial charge in [0, 0.05) is 22.5 Å². The average Bonchev–Trinajstić information content (AvgIpc) is 3.71. The second kappa shape index (κ2) is 13.4. The molecule has 0 aliphatic carbocycles. The fraction of sp³-hybridized carbons (Fsp3) is 0.381. The lowest BCUT2D eigenvalue weighted by atomic mass is 9.70. The molecule has 12 nitrogen and oxygen atoms in total. The van der Waals surface area contributed by atoms with E-state index in [9.17, 15) is 19.8 Å². The van der Waals surface area contributed by atoms with E-state index in [-0.39, 0.29) is 24.4 Å². The molecule has 6 unspecified atom stereocenters. The topological polar surface area (TPSA) is 136 Å². The van der Waals surface area contributed by atoms with Gasteiger partial charge in [0.25, 0.3) is 11.8 Å². The van der Waals surface area contributed by atoms with Gasteiger partial charge in [-0.1, -0.05) is 37.4 Å². The van der Waals surface area contributed by atoms with Crippen LogP contribution in [0, 0.1) is 0 Å². The second-order valence-electron chi connectivity index (χ2n) is 14.6. The zero-order chi connectivity index (χ0) is 38.8. The first-order chi connectivity index (χ1) is 25.6. The summed E-state index contributed by atoms with van der Waals surface area (Å²) in [4.78, 5) is 31.2. The van der Waals surface area contributed by atoms with Crippen LogP contribution >= 0.6 is 0 Å². The highest BCUT2D eigenvalue weighted by Crippen LogP contribution is 2.50. The van der Waals surface area contributed by atoms with E-state index in [1.807, 2.05) is 0 Å².